The number of carbonyl (C=O) groups is 2. The number of halogens is 1. The summed E-state index contributed by atoms with van der Waals surface area (Å²) in [5.41, 5.74) is 0.558. The summed E-state index contributed by atoms with van der Waals surface area (Å²) in [6.07, 6.45) is 1.04. The van der Waals surface area contributed by atoms with Crippen molar-refractivity contribution < 1.29 is 19.1 Å². The van der Waals surface area contributed by atoms with Crippen molar-refractivity contribution in [3.05, 3.63) is 53.4 Å². The van der Waals surface area contributed by atoms with E-state index >= 15 is 0 Å². The molecule has 3 aromatic rings. The Balaban J connectivity index is 1.76. The summed E-state index contributed by atoms with van der Waals surface area (Å²) < 4.78 is 14.7. The molecule has 1 atom stereocenters. The lowest BCUT2D eigenvalue weighted by Crippen LogP contribution is -2.40. The van der Waals surface area contributed by atoms with Crippen molar-refractivity contribution in [2.24, 2.45) is 0 Å². The van der Waals surface area contributed by atoms with Crippen LogP contribution in [0.4, 0.5) is 4.39 Å². The van der Waals surface area contributed by atoms with Gasteiger partial charge in [0.2, 0.25) is 5.82 Å². The zero-order valence-electron chi connectivity index (χ0n) is 14.1. The van der Waals surface area contributed by atoms with Gasteiger partial charge < -0.3 is 10.0 Å². The highest BCUT2D eigenvalue weighted by Gasteiger charge is 2.36. The van der Waals surface area contributed by atoms with Crippen molar-refractivity contribution in [1.82, 2.24) is 19.7 Å². The number of carboxylic acids is 1. The normalized spacial score (nSPS) is 16.6. The topological polar surface area (TPSA) is 88.3 Å². The molecule has 0 saturated carbocycles. The first-order valence-corrected chi connectivity index (χ1v) is 9.23. The van der Waals surface area contributed by atoms with E-state index in [1.165, 1.54) is 33.1 Å². The first kappa shape index (κ1) is 17.3. The Labute approximate surface area is 157 Å². The quantitative estimate of drug-likeness (QED) is 0.745. The number of carbonyl (C=O) groups excluding carboxylic acids is 1. The molecule has 1 fully saturated rings. The Hall–Kier alpha value is -3.07. The maximum atomic E-state index is 13.3. The Morgan fingerprint density at radius 1 is 1.22 bits per heavy atom. The number of thiophene rings is 1. The molecule has 1 aliphatic heterocycles. The van der Waals surface area contributed by atoms with Crippen LogP contribution in [0.2, 0.25) is 0 Å². The minimum Gasteiger partial charge on any atom is -0.480 e. The molecule has 7 nitrogen and oxygen atoms in total. The Morgan fingerprint density at radius 2 is 2.00 bits per heavy atom. The van der Waals surface area contributed by atoms with Gasteiger partial charge in [-0.25, -0.2) is 18.9 Å². The van der Waals surface area contributed by atoms with Gasteiger partial charge in [-0.15, -0.1) is 16.4 Å². The average molecular weight is 386 g/mol. The lowest BCUT2D eigenvalue weighted by atomic mass is 10.2. The first-order chi connectivity index (χ1) is 13.0. The molecule has 0 radical (unpaired) electrons. The van der Waals surface area contributed by atoms with Crippen LogP contribution in [-0.4, -0.2) is 49.2 Å². The molecule has 2 aromatic heterocycles. The van der Waals surface area contributed by atoms with Gasteiger partial charge >= 0.3 is 5.97 Å². The lowest BCUT2D eigenvalue weighted by Gasteiger charge is -2.19. The smallest absolute Gasteiger partial charge is 0.326 e. The minimum atomic E-state index is -1.03. The summed E-state index contributed by atoms with van der Waals surface area (Å²) in [6.45, 7) is 0.356. The molecule has 1 aromatic carbocycles. The number of carboxylic acid groups (broad SMARTS) is 1. The second-order valence-electron chi connectivity index (χ2n) is 6.12. The maximum absolute atomic E-state index is 13.3. The third kappa shape index (κ3) is 3.21. The fourth-order valence-corrected chi connectivity index (χ4v) is 3.82. The standard InChI is InChI=1S/C18H15FN4O3S/c19-11-5-7-12(8-6-11)23-16(14-4-2-10-27-14)20-15(21-23)17(24)22-9-1-3-13(22)18(25)26/h2,4-8,10,13H,1,3,9H2,(H,25,26)/t13-/m0/s1. The Kier molecular flexibility index (Phi) is 4.44. The van der Waals surface area contributed by atoms with Gasteiger partial charge in [-0.3, -0.25) is 4.79 Å². The van der Waals surface area contributed by atoms with Crippen molar-refractivity contribution in [3.63, 3.8) is 0 Å². The molecule has 9 heteroatoms. The molecule has 27 heavy (non-hydrogen) atoms. The zero-order chi connectivity index (χ0) is 19.0. The van der Waals surface area contributed by atoms with E-state index in [0.29, 0.717) is 30.9 Å². The summed E-state index contributed by atoms with van der Waals surface area (Å²) in [5.74, 6) is -1.55. The van der Waals surface area contributed by atoms with Crippen LogP contribution in [0.15, 0.2) is 41.8 Å². The summed E-state index contributed by atoms with van der Waals surface area (Å²) in [6, 6.07) is 8.54. The minimum absolute atomic E-state index is 0.0733. The SMILES string of the molecule is O=C(O)[C@@H]1CCCN1C(=O)c1nc(-c2cccs2)n(-c2ccc(F)cc2)n1. The summed E-state index contributed by atoms with van der Waals surface area (Å²) >= 11 is 1.43. The number of aliphatic carboxylic acids is 1. The van der Waals surface area contributed by atoms with Crippen LogP contribution in [0.5, 0.6) is 0 Å². The van der Waals surface area contributed by atoms with E-state index in [4.69, 9.17) is 0 Å². The summed E-state index contributed by atoms with van der Waals surface area (Å²) in [4.78, 5) is 30.7. The van der Waals surface area contributed by atoms with Crippen LogP contribution in [0, 0.1) is 5.82 Å². The molecular weight excluding hydrogens is 371 g/mol. The predicted molar refractivity (Wildman–Crippen MR) is 96.3 cm³/mol. The summed E-state index contributed by atoms with van der Waals surface area (Å²) in [5, 5.41) is 15.5. The maximum Gasteiger partial charge on any atom is 0.326 e. The van der Waals surface area contributed by atoms with Crippen molar-refractivity contribution in [2.75, 3.05) is 6.54 Å². The molecule has 4 rings (SSSR count). The number of rotatable bonds is 4. The monoisotopic (exact) mass is 386 g/mol. The first-order valence-electron chi connectivity index (χ1n) is 8.35. The van der Waals surface area contributed by atoms with E-state index in [1.54, 1.807) is 12.1 Å². The average Bonchev–Trinajstić information content (AvgIpc) is 3.40. The van der Waals surface area contributed by atoms with Crippen LogP contribution < -0.4 is 0 Å². The van der Waals surface area contributed by atoms with Gasteiger partial charge in [0.15, 0.2) is 5.82 Å². The number of amides is 1. The number of aromatic nitrogens is 3. The fraction of sp³-hybridized carbons (Fsp3) is 0.222. The van der Waals surface area contributed by atoms with E-state index < -0.39 is 17.9 Å². The molecule has 0 unspecified atom stereocenters. The highest BCUT2D eigenvalue weighted by molar-refractivity contribution is 7.13. The van der Waals surface area contributed by atoms with Gasteiger partial charge in [-0.2, -0.15) is 0 Å². The van der Waals surface area contributed by atoms with Crippen LogP contribution in [0.25, 0.3) is 16.4 Å². The third-order valence-electron chi connectivity index (χ3n) is 4.41. The molecule has 1 amide bonds. The number of hydrogen-bond acceptors (Lipinski definition) is 5. The van der Waals surface area contributed by atoms with Crippen molar-refractivity contribution in [1.29, 1.82) is 0 Å². The molecule has 0 bridgehead atoms. The second-order valence-corrected chi connectivity index (χ2v) is 7.07. The van der Waals surface area contributed by atoms with E-state index in [9.17, 15) is 19.1 Å². The summed E-state index contributed by atoms with van der Waals surface area (Å²) in [7, 11) is 0. The largest absolute Gasteiger partial charge is 0.480 e. The van der Waals surface area contributed by atoms with Gasteiger partial charge in [0.05, 0.1) is 10.6 Å². The highest BCUT2D eigenvalue weighted by atomic mass is 32.1. The van der Waals surface area contributed by atoms with Crippen LogP contribution >= 0.6 is 11.3 Å². The van der Waals surface area contributed by atoms with E-state index in [2.05, 4.69) is 10.1 Å². The number of hydrogen-bond donors (Lipinski definition) is 1. The number of likely N-dealkylation sites (tertiary alicyclic amines) is 1. The predicted octanol–water partition coefficient (Wildman–Crippen LogP) is 2.82. The van der Waals surface area contributed by atoms with Crippen molar-refractivity contribution >= 4 is 23.2 Å². The number of benzene rings is 1. The van der Waals surface area contributed by atoms with Crippen molar-refractivity contribution in [2.45, 2.75) is 18.9 Å². The fourth-order valence-electron chi connectivity index (χ4n) is 3.13. The van der Waals surface area contributed by atoms with Crippen LogP contribution in [0.1, 0.15) is 23.5 Å². The lowest BCUT2D eigenvalue weighted by molar-refractivity contribution is -0.141. The van der Waals surface area contributed by atoms with Gasteiger partial charge in [0.1, 0.15) is 11.9 Å². The molecular formula is C18H15FN4O3S. The van der Waals surface area contributed by atoms with Gasteiger partial charge in [0.25, 0.3) is 5.91 Å². The van der Waals surface area contributed by atoms with Gasteiger partial charge in [-0.1, -0.05) is 6.07 Å². The van der Waals surface area contributed by atoms with E-state index in [1.807, 2.05) is 17.5 Å². The van der Waals surface area contributed by atoms with Gasteiger partial charge in [0, 0.05) is 6.54 Å². The highest BCUT2D eigenvalue weighted by Crippen LogP contribution is 2.27. The molecule has 0 spiro atoms. The van der Waals surface area contributed by atoms with Crippen LogP contribution in [-0.2, 0) is 4.79 Å². The third-order valence-corrected chi connectivity index (χ3v) is 5.28. The van der Waals surface area contributed by atoms with Crippen LogP contribution in [0.3, 0.4) is 0 Å². The Bertz CT molecular complexity index is 985. The molecule has 3 heterocycles. The number of nitrogens with zero attached hydrogens (tertiary/aromatic N) is 4. The van der Waals surface area contributed by atoms with Gasteiger partial charge in [-0.05, 0) is 48.6 Å². The Morgan fingerprint density at radius 3 is 2.67 bits per heavy atom. The van der Waals surface area contributed by atoms with Crippen molar-refractivity contribution in [3.8, 4) is 16.4 Å². The molecule has 138 valence electrons. The molecule has 1 saturated heterocycles. The molecule has 0 aliphatic carbocycles. The zero-order valence-corrected chi connectivity index (χ0v) is 14.9. The second kappa shape index (κ2) is 6.92. The molecule has 1 aliphatic rings. The van der Waals surface area contributed by atoms with E-state index in [0.717, 1.165) is 4.88 Å². The molecule has 1 N–H and O–H groups in total. The van der Waals surface area contributed by atoms with E-state index in [-0.39, 0.29) is 11.6 Å².